The van der Waals surface area contributed by atoms with E-state index >= 15 is 0 Å². The van der Waals surface area contributed by atoms with E-state index in [1.54, 1.807) is 0 Å². The highest BCUT2D eigenvalue weighted by molar-refractivity contribution is 7.52. The van der Waals surface area contributed by atoms with Crippen molar-refractivity contribution < 1.29 is 31.9 Å². The molecule has 3 heterocycles. The zero-order valence-corrected chi connectivity index (χ0v) is 17.0. The van der Waals surface area contributed by atoms with Crippen molar-refractivity contribution >= 4 is 19.3 Å². The van der Waals surface area contributed by atoms with E-state index in [1.807, 2.05) is 0 Å². The Morgan fingerprint density at radius 3 is 2.87 bits per heavy atom. The van der Waals surface area contributed by atoms with Crippen molar-refractivity contribution in [2.75, 3.05) is 19.8 Å². The number of nitrogens with one attached hydrogen (secondary N) is 1. The third-order valence-corrected chi connectivity index (χ3v) is 6.27. The fraction of sp³-hybridized carbons (Fsp3) is 0.412. The van der Waals surface area contributed by atoms with E-state index in [0.717, 1.165) is 6.20 Å². The molecule has 1 N–H and O–H groups in total. The Hall–Kier alpha value is -2.04. The maximum Gasteiger partial charge on any atom is 0.458 e. The fourth-order valence-electron chi connectivity index (χ4n) is 3.09. The smallest absolute Gasteiger partial charge is 0.458 e. The number of fused-ring (bicyclic) bond motifs is 4. The molecule has 4 atom stereocenters. The van der Waals surface area contributed by atoms with Crippen LogP contribution >= 0.6 is 19.3 Å². The van der Waals surface area contributed by atoms with E-state index in [9.17, 15) is 18.1 Å². The molecule has 0 aliphatic carbocycles. The molecule has 0 radical (unpaired) electrons. The lowest BCUT2D eigenvalue weighted by Gasteiger charge is -2.24. The average molecular weight is 464 g/mol. The Kier molecular flexibility index (Phi) is 6.08. The van der Waals surface area contributed by atoms with Gasteiger partial charge in [0.1, 0.15) is 30.9 Å². The molecule has 2 aromatic rings. The van der Waals surface area contributed by atoms with Gasteiger partial charge in [-0.3, -0.25) is 13.9 Å². The topological polar surface area (TPSA) is 101 Å². The molecule has 1 aromatic heterocycles. The van der Waals surface area contributed by atoms with Gasteiger partial charge in [-0.05, 0) is 24.3 Å². The first-order valence-electron chi connectivity index (χ1n) is 8.98. The molecule has 2 aliphatic rings. The number of rotatable bonds is 8. The predicted octanol–water partition coefficient (Wildman–Crippen LogP) is 2.85. The number of benzene rings is 1. The molecule has 1 saturated heterocycles. The summed E-state index contributed by atoms with van der Waals surface area (Å²) in [6, 6.07) is 6.00. The summed E-state index contributed by atoms with van der Waals surface area (Å²) in [5.41, 5.74) is -1.04. The molecule has 0 saturated carbocycles. The highest BCUT2D eigenvalue weighted by Crippen LogP contribution is 2.46. The van der Waals surface area contributed by atoms with Crippen molar-refractivity contribution in [2.24, 2.45) is 0 Å². The van der Waals surface area contributed by atoms with Crippen molar-refractivity contribution in [3.05, 3.63) is 51.7 Å². The Balaban J connectivity index is 1.45. The maximum atomic E-state index is 13.5. The van der Waals surface area contributed by atoms with E-state index in [4.69, 9.17) is 30.1 Å². The molecule has 30 heavy (non-hydrogen) atoms. The van der Waals surface area contributed by atoms with Gasteiger partial charge >= 0.3 is 19.3 Å². The third-order valence-electron chi connectivity index (χ3n) is 4.47. The summed E-state index contributed by atoms with van der Waals surface area (Å²) in [6.45, 7) is -1.27. The fourth-order valence-corrected chi connectivity index (χ4v) is 4.53. The van der Waals surface area contributed by atoms with E-state index < -0.39 is 44.2 Å². The van der Waals surface area contributed by atoms with Gasteiger partial charge in [-0.15, -0.1) is 0 Å². The minimum absolute atomic E-state index is 0.0682. The molecule has 2 aliphatic heterocycles. The molecule has 4 unspecified atom stereocenters. The lowest BCUT2D eigenvalue weighted by Crippen LogP contribution is -2.34. The van der Waals surface area contributed by atoms with Crippen LogP contribution in [0.2, 0.25) is 5.02 Å². The van der Waals surface area contributed by atoms with Crippen LogP contribution < -0.4 is 19.9 Å². The number of halogens is 3. The number of hydrogen-bond donors (Lipinski definition) is 1. The number of alkyl halides is 1. The molecule has 1 fully saturated rings. The normalized spacial score (nSPS) is 24.0. The van der Waals surface area contributed by atoms with Gasteiger partial charge in [0.2, 0.25) is 5.82 Å². The molecule has 13 heteroatoms. The van der Waals surface area contributed by atoms with Crippen molar-refractivity contribution in [3.63, 3.8) is 0 Å². The molecule has 4 rings (SSSR count). The van der Waals surface area contributed by atoms with Crippen LogP contribution in [0.25, 0.3) is 0 Å². The van der Waals surface area contributed by atoms with Crippen LogP contribution in [0.5, 0.6) is 11.8 Å². The standard InChI is InChI=1S/C17H17ClF2N3O6P/c18-10-1-3-11(4-2-10)29-30(25,21-6-5-19)26-9-14-13-7-15(27-14)23-8-12(20)16(24)22-17(23)28-13/h1-4,8,13-15H,5-7,9H2,(H,21,25). The van der Waals surface area contributed by atoms with Gasteiger partial charge in [0, 0.05) is 18.0 Å². The number of ether oxygens (including phenoxy) is 2. The van der Waals surface area contributed by atoms with Gasteiger partial charge in [0.05, 0.1) is 12.8 Å². The quantitative estimate of drug-likeness (QED) is 0.596. The molecule has 0 spiro atoms. The largest absolute Gasteiger partial charge is 0.458 e. The van der Waals surface area contributed by atoms with Crippen LogP contribution in [0.15, 0.2) is 35.3 Å². The highest BCUT2D eigenvalue weighted by atomic mass is 35.5. The summed E-state index contributed by atoms with van der Waals surface area (Å²) >= 11 is 5.82. The van der Waals surface area contributed by atoms with Crippen molar-refractivity contribution in [3.8, 4) is 11.8 Å². The van der Waals surface area contributed by atoms with E-state index in [2.05, 4.69) is 10.1 Å². The summed E-state index contributed by atoms with van der Waals surface area (Å²) in [5, 5.41) is 2.88. The minimum atomic E-state index is -3.95. The zero-order chi connectivity index (χ0) is 21.3. The molecule has 9 nitrogen and oxygen atoms in total. The van der Waals surface area contributed by atoms with Crippen LogP contribution in [0, 0.1) is 5.82 Å². The van der Waals surface area contributed by atoms with Crippen molar-refractivity contribution in [1.82, 2.24) is 14.6 Å². The van der Waals surface area contributed by atoms with Gasteiger partial charge in [0.15, 0.2) is 0 Å². The lowest BCUT2D eigenvalue weighted by molar-refractivity contribution is -0.0215. The Labute approximate surface area is 174 Å². The molecular weight excluding hydrogens is 447 g/mol. The van der Waals surface area contributed by atoms with Gasteiger partial charge in [-0.2, -0.15) is 9.37 Å². The lowest BCUT2D eigenvalue weighted by atomic mass is 10.2. The Bertz CT molecular complexity index is 1020. The van der Waals surface area contributed by atoms with Crippen LogP contribution in [0.3, 0.4) is 0 Å². The second-order valence-electron chi connectivity index (χ2n) is 6.54. The maximum absolute atomic E-state index is 13.5. The van der Waals surface area contributed by atoms with Crippen LogP contribution in [-0.4, -0.2) is 41.6 Å². The number of aromatic nitrogens is 2. The highest BCUT2D eigenvalue weighted by Gasteiger charge is 2.44. The van der Waals surface area contributed by atoms with Crippen molar-refractivity contribution in [1.29, 1.82) is 0 Å². The zero-order valence-electron chi connectivity index (χ0n) is 15.4. The minimum Gasteiger partial charge on any atom is -0.458 e. The van der Waals surface area contributed by atoms with Crippen LogP contribution in [0.4, 0.5) is 8.78 Å². The SMILES string of the molecule is O=c1nc2n(cc1F)C1CC(O2)C(COP(=O)(NCCF)Oc2ccc(Cl)cc2)O1. The summed E-state index contributed by atoms with van der Waals surface area (Å²) < 4.78 is 62.7. The Morgan fingerprint density at radius 2 is 2.13 bits per heavy atom. The van der Waals surface area contributed by atoms with E-state index in [0.29, 0.717) is 11.4 Å². The first kappa shape index (κ1) is 21.2. The summed E-state index contributed by atoms with van der Waals surface area (Å²) in [6.07, 6.45) is -0.566. The molecular formula is C17H17ClF2N3O6P. The molecule has 1 aromatic carbocycles. The molecule has 162 valence electrons. The molecule has 0 amide bonds. The summed E-state index contributed by atoms with van der Waals surface area (Å²) in [7, 11) is -3.95. The van der Waals surface area contributed by atoms with Gasteiger partial charge < -0.3 is 14.0 Å². The third kappa shape index (κ3) is 4.50. The number of nitrogens with zero attached hydrogens (tertiary/aromatic N) is 2. The van der Waals surface area contributed by atoms with E-state index in [1.165, 1.54) is 28.8 Å². The Morgan fingerprint density at radius 1 is 1.37 bits per heavy atom. The first-order valence-corrected chi connectivity index (χ1v) is 10.9. The predicted molar refractivity (Wildman–Crippen MR) is 101 cm³/mol. The van der Waals surface area contributed by atoms with E-state index in [-0.39, 0.29) is 24.9 Å². The second kappa shape index (κ2) is 8.60. The number of hydrogen-bond acceptors (Lipinski definition) is 7. The van der Waals surface area contributed by atoms with Crippen molar-refractivity contribution in [2.45, 2.75) is 24.9 Å². The van der Waals surface area contributed by atoms with Gasteiger partial charge in [-0.1, -0.05) is 11.6 Å². The molecule has 2 bridgehead atoms. The summed E-state index contributed by atoms with van der Waals surface area (Å²) in [5.74, 6) is -0.817. The van der Waals surface area contributed by atoms with Crippen LogP contribution in [-0.2, 0) is 13.8 Å². The monoisotopic (exact) mass is 463 g/mol. The van der Waals surface area contributed by atoms with Crippen LogP contribution in [0.1, 0.15) is 12.6 Å². The van der Waals surface area contributed by atoms with Gasteiger partial charge in [0.25, 0.3) is 0 Å². The van der Waals surface area contributed by atoms with Gasteiger partial charge in [-0.25, -0.2) is 14.0 Å². The second-order valence-corrected chi connectivity index (χ2v) is 8.73. The average Bonchev–Trinajstić information content (AvgIpc) is 3.06. The summed E-state index contributed by atoms with van der Waals surface area (Å²) in [4.78, 5) is 15.0. The first-order chi connectivity index (χ1) is 14.4.